The minimum atomic E-state index is -0.379. The minimum Gasteiger partial charge on any atom is -0.376 e. The van der Waals surface area contributed by atoms with Crippen LogP contribution in [0.1, 0.15) is 46.5 Å². The van der Waals surface area contributed by atoms with E-state index >= 15 is 0 Å². The third-order valence-electron chi connectivity index (χ3n) is 4.91. The third-order valence-corrected chi connectivity index (χ3v) is 4.91. The van der Waals surface area contributed by atoms with E-state index in [-0.39, 0.29) is 23.7 Å². The molecule has 18 heavy (non-hydrogen) atoms. The predicted molar refractivity (Wildman–Crippen MR) is 69.0 cm³/mol. The van der Waals surface area contributed by atoms with E-state index in [4.69, 9.17) is 4.74 Å². The lowest BCUT2D eigenvalue weighted by Crippen LogP contribution is -2.48. The summed E-state index contributed by atoms with van der Waals surface area (Å²) in [6.07, 6.45) is 4.81. The standard InChI is InChI=1S/C14H24N2O2/c1-4-14(3)13(17)16(9(2)15-14)11-7-8-18-12(11)10-5-6-10/h9-12,15H,4-8H2,1-3H3. The van der Waals surface area contributed by atoms with Gasteiger partial charge in [-0.25, -0.2) is 0 Å². The predicted octanol–water partition coefficient (Wildman–Crippen LogP) is 1.50. The van der Waals surface area contributed by atoms with E-state index in [0.717, 1.165) is 19.4 Å². The molecule has 0 aromatic heterocycles. The number of amides is 1. The van der Waals surface area contributed by atoms with Crippen molar-refractivity contribution in [1.82, 2.24) is 10.2 Å². The normalized spacial score (nSPS) is 44.9. The summed E-state index contributed by atoms with van der Waals surface area (Å²) < 4.78 is 5.88. The Balaban J connectivity index is 1.81. The Morgan fingerprint density at radius 3 is 2.72 bits per heavy atom. The van der Waals surface area contributed by atoms with Gasteiger partial charge in [-0.1, -0.05) is 6.92 Å². The fraction of sp³-hybridized carbons (Fsp3) is 0.929. The van der Waals surface area contributed by atoms with Crippen molar-refractivity contribution >= 4 is 5.91 Å². The van der Waals surface area contributed by atoms with E-state index < -0.39 is 0 Å². The molecule has 3 rings (SSSR count). The van der Waals surface area contributed by atoms with Crippen LogP contribution in [0.15, 0.2) is 0 Å². The van der Waals surface area contributed by atoms with Gasteiger partial charge in [-0.2, -0.15) is 0 Å². The molecule has 1 saturated carbocycles. The van der Waals surface area contributed by atoms with Gasteiger partial charge in [0.25, 0.3) is 0 Å². The first-order valence-electron chi connectivity index (χ1n) is 7.29. The van der Waals surface area contributed by atoms with Gasteiger partial charge in [-0.3, -0.25) is 10.1 Å². The molecular weight excluding hydrogens is 228 g/mol. The minimum absolute atomic E-state index is 0.135. The molecule has 1 N–H and O–H groups in total. The van der Waals surface area contributed by atoms with Crippen molar-refractivity contribution in [2.24, 2.45) is 5.92 Å². The number of carbonyl (C=O) groups is 1. The molecule has 3 aliphatic rings. The number of nitrogens with zero attached hydrogens (tertiary/aromatic N) is 1. The van der Waals surface area contributed by atoms with E-state index in [0.29, 0.717) is 12.0 Å². The fourth-order valence-electron chi connectivity index (χ4n) is 3.52. The molecule has 4 nitrogen and oxygen atoms in total. The first-order valence-corrected chi connectivity index (χ1v) is 7.29. The van der Waals surface area contributed by atoms with Gasteiger partial charge in [-0.15, -0.1) is 0 Å². The van der Waals surface area contributed by atoms with E-state index in [2.05, 4.69) is 24.1 Å². The molecular formula is C14H24N2O2. The Morgan fingerprint density at radius 2 is 2.17 bits per heavy atom. The zero-order valence-corrected chi connectivity index (χ0v) is 11.6. The van der Waals surface area contributed by atoms with Crippen LogP contribution in [0.25, 0.3) is 0 Å². The molecule has 0 spiro atoms. The first-order chi connectivity index (χ1) is 8.57. The molecule has 4 atom stereocenters. The van der Waals surface area contributed by atoms with Crippen LogP contribution in [0.5, 0.6) is 0 Å². The SMILES string of the molecule is CCC1(C)NC(C)N(C2CCOC2C2CC2)C1=O. The monoisotopic (exact) mass is 252 g/mol. The molecule has 1 aliphatic carbocycles. The zero-order valence-electron chi connectivity index (χ0n) is 11.6. The highest BCUT2D eigenvalue weighted by molar-refractivity contribution is 5.88. The maximum Gasteiger partial charge on any atom is 0.244 e. The molecule has 2 aliphatic heterocycles. The average Bonchev–Trinajstić information content (AvgIpc) is 3.03. The lowest BCUT2D eigenvalue weighted by atomic mass is 9.97. The van der Waals surface area contributed by atoms with Gasteiger partial charge >= 0.3 is 0 Å². The van der Waals surface area contributed by atoms with Crippen LogP contribution in [0, 0.1) is 5.92 Å². The summed E-state index contributed by atoms with van der Waals surface area (Å²) in [6.45, 7) is 7.00. The van der Waals surface area contributed by atoms with Gasteiger partial charge in [-0.05, 0) is 45.4 Å². The van der Waals surface area contributed by atoms with Crippen LogP contribution in [0.2, 0.25) is 0 Å². The summed E-state index contributed by atoms with van der Waals surface area (Å²) >= 11 is 0. The molecule has 0 bridgehead atoms. The van der Waals surface area contributed by atoms with Gasteiger partial charge in [0, 0.05) is 6.61 Å². The lowest BCUT2D eigenvalue weighted by molar-refractivity contribution is -0.136. The van der Waals surface area contributed by atoms with Gasteiger partial charge in [0.2, 0.25) is 5.91 Å². The Kier molecular flexibility index (Phi) is 2.90. The summed E-state index contributed by atoms with van der Waals surface area (Å²) in [6, 6.07) is 0.292. The highest BCUT2D eigenvalue weighted by Crippen LogP contribution is 2.42. The quantitative estimate of drug-likeness (QED) is 0.827. The summed E-state index contributed by atoms with van der Waals surface area (Å²) in [7, 11) is 0. The van der Waals surface area contributed by atoms with Crippen molar-refractivity contribution in [2.45, 2.75) is 70.3 Å². The Morgan fingerprint density at radius 1 is 1.44 bits per heavy atom. The van der Waals surface area contributed by atoms with Crippen molar-refractivity contribution in [2.75, 3.05) is 6.61 Å². The summed E-state index contributed by atoms with van der Waals surface area (Å²) in [5.74, 6) is 0.963. The van der Waals surface area contributed by atoms with Crippen molar-refractivity contribution < 1.29 is 9.53 Å². The number of carbonyl (C=O) groups excluding carboxylic acids is 1. The molecule has 2 saturated heterocycles. The van der Waals surface area contributed by atoms with E-state index in [1.165, 1.54) is 12.8 Å². The largest absolute Gasteiger partial charge is 0.376 e. The van der Waals surface area contributed by atoms with Gasteiger partial charge in [0.05, 0.1) is 23.9 Å². The van der Waals surface area contributed by atoms with Crippen LogP contribution >= 0.6 is 0 Å². The molecule has 102 valence electrons. The highest BCUT2D eigenvalue weighted by atomic mass is 16.5. The molecule has 4 heteroatoms. The van der Waals surface area contributed by atoms with Crippen molar-refractivity contribution in [3.63, 3.8) is 0 Å². The average molecular weight is 252 g/mol. The summed E-state index contributed by atoms with van der Waals surface area (Å²) in [5, 5.41) is 3.46. The van der Waals surface area contributed by atoms with E-state index in [9.17, 15) is 4.79 Å². The Hall–Kier alpha value is -0.610. The summed E-state index contributed by atoms with van der Waals surface area (Å²) in [5.41, 5.74) is -0.379. The number of ether oxygens (including phenoxy) is 1. The second-order valence-electron chi connectivity index (χ2n) is 6.25. The van der Waals surface area contributed by atoms with Crippen LogP contribution in [0.4, 0.5) is 0 Å². The number of nitrogens with one attached hydrogen (secondary N) is 1. The molecule has 0 radical (unpaired) electrons. The van der Waals surface area contributed by atoms with Gasteiger partial charge in [0.15, 0.2) is 0 Å². The molecule has 2 heterocycles. The highest BCUT2D eigenvalue weighted by Gasteiger charge is 2.52. The molecule has 4 unspecified atom stereocenters. The smallest absolute Gasteiger partial charge is 0.244 e. The molecule has 0 aromatic carbocycles. The third kappa shape index (κ3) is 1.77. The van der Waals surface area contributed by atoms with Crippen LogP contribution < -0.4 is 5.32 Å². The fourth-order valence-corrected chi connectivity index (χ4v) is 3.52. The number of rotatable bonds is 3. The molecule has 0 aromatic rings. The Labute approximate surface area is 109 Å². The van der Waals surface area contributed by atoms with Crippen molar-refractivity contribution in [3.05, 3.63) is 0 Å². The van der Waals surface area contributed by atoms with Crippen molar-refractivity contribution in [3.8, 4) is 0 Å². The number of hydrogen-bond acceptors (Lipinski definition) is 3. The second kappa shape index (κ2) is 4.20. The first kappa shape index (κ1) is 12.4. The van der Waals surface area contributed by atoms with Gasteiger partial charge < -0.3 is 9.64 Å². The zero-order chi connectivity index (χ0) is 12.9. The number of hydrogen-bond donors (Lipinski definition) is 1. The van der Waals surface area contributed by atoms with E-state index in [1.807, 2.05) is 6.92 Å². The van der Waals surface area contributed by atoms with Gasteiger partial charge in [0.1, 0.15) is 0 Å². The Bertz CT molecular complexity index is 356. The molecule has 3 fully saturated rings. The lowest BCUT2D eigenvalue weighted by Gasteiger charge is -2.31. The van der Waals surface area contributed by atoms with Crippen LogP contribution in [-0.2, 0) is 9.53 Å². The molecule has 1 amide bonds. The maximum absolute atomic E-state index is 12.7. The van der Waals surface area contributed by atoms with Crippen molar-refractivity contribution in [1.29, 1.82) is 0 Å². The topological polar surface area (TPSA) is 41.6 Å². The van der Waals surface area contributed by atoms with Crippen LogP contribution in [-0.4, -0.2) is 41.3 Å². The maximum atomic E-state index is 12.7. The second-order valence-corrected chi connectivity index (χ2v) is 6.25. The van der Waals surface area contributed by atoms with E-state index in [1.54, 1.807) is 0 Å². The summed E-state index contributed by atoms with van der Waals surface area (Å²) in [4.78, 5) is 14.7. The van der Waals surface area contributed by atoms with Crippen LogP contribution in [0.3, 0.4) is 0 Å².